The molecule has 0 spiro atoms. The summed E-state index contributed by atoms with van der Waals surface area (Å²) in [6.07, 6.45) is 1.63. The molecular weight excluding hydrogens is 190 g/mol. The first kappa shape index (κ1) is 10.1. The summed E-state index contributed by atoms with van der Waals surface area (Å²) in [4.78, 5) is 8.09. The molecule has 0 amide bonds. The summed E-state index contributed by atoms with van der Waals surface area (Å²) < 4.78 is 4.95. The molecule has 0 aliphatic heterocycles. The molecule has 1 atom stereocenters. The molecule has 0 aromatic carbocycles. The van der Waals surface area contributed by atoms with Crippen molar-refractivity contribution < 1.29 is 4.74 Å². The molecule has 5 heteroatoms. The van der Waals surface area contributed by atoms with E-state index >= 15 is 0 Å². The van der Waals surface area contributed by atoms with Crippen LogP contribution in [0.5, 0.6) is 5.88 Å². The van der Waals surface area contributed by atoms with Gasteiger partial charge in [0.2, 0.25) is 11.8 Å². The van der Waals surface area contributed by atoms with Crippen LogP contribution in [-0.2, 0) is 0 Å². The number of nitrogens with zero attached hydrogens (tertiary/aromatic N) is 2. The summed E-state index contributed by atoms with van der Waals surface area (Å²) in [6.45, 7) is 1.95. The second-order valence-electron chi connectivity index (χ2n) is 2.62. The standard InChI is InChI=1S/C8H12ClN3O/c1-6(5-9)11-8-10-4-3-7(12-8)13-2/h3-4,6H,5H2,1-2H3,(H,10,11,12). The van der Waals surface area contributed by atoms with Crippen LogP contribution in [0.1, 0.15) is 6.92 Å². The zero-order valence-corrected chi connectivity index (χ0v) is 8.38. The molecule has 0 fully saturated rings. The molecule has 1 aromatic rings. The Morgan fingerprint density at radius 3 is 3.08 bits per heavy atom. The lowest BCUT2D eigenvalue weighted by atomic mass is 10.4. The van der Waals surface area contributed by atoms with Crippen molar-refractivity contribution in [3.8, 4) is 5.88 Å². The Hall–Kier alpha value is -1.03. The highest BCUT2D eigenvalue weighted by molar-refractivity contribution is 6.18. The van der Waals surface area contributed by atoms with Crippen molar-refractivity contribution in [1.82, 2.24) is 9.97 Å². The quantitative estimate of drug-likeness (QED) is 0.751. The van der Waals surface area contributed by atoms with E-state index in [-0.39, 0.29) is 6.04 Å². The third-order valence-corrected chi connectivity index (χ3v) is 1.91. The first-order valence-electron chi connectivity index (χ1n) is 3.95. The topological polar surface area (TPSA) is 47.0 Å². The molecule has 1 N–H and O–H groups in total. The van der Waals surface area contributed by atoms with Gasteiger partial charge in [-0.2, -0.15) is 4.98 Å². The predicted molar refractivity (Wildman–Crippen MR) is 52.4 cm³/mol. The highest BCUT2D eigenvalue weighted by Gasteiger charge is 2.02. The molecule has 4 nitrogen and oxygen atoms in total. The van der Waals surface area contributed by atoms with Gasteiger partial charge in [0, 0.05) is 24.2 Å². The number of nitrogens with one attached hydrogen (secondary N) is 1. The normalized spacial score (nSPS) is 12.2. The van der Waals surface area contributed by atoms with Gasteiger partial charge in [-0.3, -0.25) is 0 Å². The fourth-order valence-corrected chi connectivity index (χ4v) is 0.861. The van der Waals surface area contributed by atoms with Crippen LogP contribution in [0.2, 0.25) is 0 Å². The SMILES string of the molecule is COc1ccnc(NC(C)CCl)n1. The molecule has 0 saturated carbocycles. The first-order chi connectivity index (χ1) is 6.26. The number of hydrogen-bond acceptors (Lipinski definition) is 4. The Morgan fingerprint density at radius 1 is 1.69 bits per heavy atom. The summed E-state index contributed by atoms with van der Waals surface area (Å²) >= 11 is 5.63. The third kappa shape index (κ3) is 3.06. The van der Waals surface area contributed by atoms with Crippen LogP contribution in [0.4, 0.5) is 5.95 Å². The van der Waals surface area contributed by atoms with E-state index in [4.69, 9.17) is 16.3 Å². The van der Waals surface area contributed by atoms with Gasteiger partial charge in [-0.05, 0) is 6.92 Å². The van der Waals surface area contributed by atoms with Gasteiger partial charge in [0.25, 0.3) is 0 Å². The van der Waals surface area contributed by atoms with Crippen LogP contribution < -0.4 is 10.1 Å². The summed E-state index contributed by atoms with van der Waals surface area (Å²) in [5, 5.41) is 3.03. The second-order valence-corrected chi connectivity index (χ2v) is 2.93. The van der Waals surface area contributed by atoms with E-state index < -0.39 is 0 Å². The lowest BCUT2D eigenvalue weighted by molar-refractivity contribution is 0.397. The molecule has 1 aromatic heterocycles. The fraction of sp³-hybridized carbons (Fsp3) is 0.500. The minimum absolute atomic E-state index is 0.147. The van der Waals surface area contributed by atoms with E-state index in [1.54, 1.807) is 19.4 Å². The van der Waals surface area contributed by atoms with Gasteiger partial charge < -0.3 is 10.1 Å². The zero-order valence-electron chi connectivity index (χ0n) is 7.62. The van der Waals surface area contributed by atoms with Crippen LogP contribution in [-0.4, -0.2) is 29.0 Å². The Bertz CT molecular complexity index is 269. The van der Waals surface area contributed by atoms with E-state index in [2.05, 4.69) is 15.3 Å². The maximum absolute atomic E-state index is 5.63. The zero-order chi connectivity index (χ0) is 9.68. The smallest absolute Gasteiger partial charge is 0.226 e. The number of alkyl halides is 1. The molecule has 0 bridgehead atoms. The molecule has 0 aliphatic rings. The van der Waals surface area contributed by atoms with Crippen molar-refractivity contribution in [1.29, 1.82) is 0 Å². The summed E-state index contributed by atoms with van der Waals surface area (Å²) in [5.74, 6) is 1.59. The average molecular weight is 202 g/mol. The minimum atomic E-state index is 0.147. The van der Waals surface area contributed by atoms with Crippen LogP contribution in [0.3, 0.4) is 0 Å². The van der Waals surface area contributed by atoms with Gasteiger partial charge in [-0.25, -0.2) is 4.98 Å². The highest BCUT2D eigenvalue weighted by atomic mass is 35.5. The van der Waals surface area contributed by atoms with Gasteiger partial charge in [0.1, 0.15) is 0 Å². The number of hydrogen-bond donors (Lipinski definition) is 1. The summed E-state index contributed by atoms with van der Waals surface area (Å²) in [5.41, 5.74) is 0. The molecule has 0 aliphatic carbocycles. The molecule has 1 rings (SSSR count). The molecule has 1 unspecified atom stereocenters. The van der Waals surface area contributed by atoms with Gasteiger partial charge in [-0.1, -0.05) is 0 Å². The number of rotatable bonds is 4. The van der Waals surface area contributed by atoms with Crippen molar-refractivity contribution in [2.75, 3.05) is 18.3 Å². The largest absolute Gasteiger partial charge is 0.481 e. The van der Waals surface area contributed by atoms with E-state index in [0.717, 1.165) is 0 Å². The lowest BCUT2D eigenvalue weighted by Crippen LogP contribution is -2.18. The molecule has 0 saturated heterocycles. The number of methoxy groups -OCH3 is 1. The van der Waals surface area contributed by atoms with E-state index in [9.17, 15) is 0 Å². The average Bonchev–Trinajstić information content (AvgIpc) is 2.18. The van der Waals surface area contributed by atoms with Crippen LogP contribution >= 0.6 is 11.6 Å². The highest BCUT2D eigenvalue weighted by Crippen LogP contribution is 2.08. The van der Waals surface area contributed by atoms with Gasteiger partial charge >= 0.3 is 0 Å². The molecule has 13 heavy (non-hydrogen) atoms. The number of halogens is 1. The summed E-state index contributed by atoms with van der Waals surface area (Å²) in [6, 6.07) is 1.84. The monoisotopic (exact) mass is 201 g/mol. The molecule has 72 valence electrons. The van der Waals surface area contributed by atoms with Crippen molar-refractivity contribution in [2.24, 2.45) is 0 Å². The lowest BCUT2D eigenvalue weighted by Gasteiger charge is -2.09. The Labute approximate surface area is 82.3 Å². The van der Waals surface area contributed by atoms with Crippen molar-refractivity contribution in [3.63, 3.8) is 0 Å². The van der Waals surface area contributed by atoms with Crippen molar-refractivity contribution in [3.05, 3.63) is 12.3 Å². The Morgan fingerprint density at radius 2 is 2.46 bits per heavy atom. The number of anilines is 1. The van der Waals surface area contributed by atoms with E-state index in [1.165, 1.54) is 0 Å². The van der Waals surface area contributed by atoms with E-state index in [0.29, 0.717) is 17.7 Å². The van der Waals surface area contributed by atoms with Crippen molar-refractivity contribution in [2.45, 2.75) is 13.0 Å². The van der Waals surface area contributed by atoms with Gasteiger partial charge in [0.05, 0.1) is 7.11 Å². The predicted octanol–water partition coefficient (Wildman–Crippen LogP) is 1.52. The van der Waals surface area contributed by atoms with E-state index in [1.807, 2.05) is 6.92 Å². The number of ether oxygens (including phenoxy) is 1. The number of aromatic nitrogens is 2. The maximum Gasteiger partial charge on any atom is 0.226 e. The molecule has 1 heterocycles. The first-order valence-corrected chi connectivity index (χ1v) is 4.49. The van der Waals surface area contributed by atoms with Crippen LogP contribution in [0.25, 0.3) is 0 Å². The van der Waals surface area contributed by atoms with Crippen LogP contribution in [0, 0.1) is 0 Å². The van der Waals surface area contributed by atoms with Crippen molar-refractivity contribution >= 4 is 17.5 Å². The fourth-order valence-electron chi connectivity index (χ4n) is 0.784. The maximum atomic E-state index is 5.63. The van der Waals surface area contributed by atoms with Crippen LogP contribution in [0.15, 0.2) is 12.3 Å². The van der Waals surface area contributed by atoms with Gasteiger partial charge in [0.15, 0.2) is 0 Å². The summed E-state index contributed by atoms with van der Waals surface area (Å²) in [7, 11) is 1.57. The second kappa shape index (κ2) is 4.87. The third-order valence-electron chi connectivity index (χ3n) is 1.45. The van der Waals surface area contributed by atoms with Gasteiger partial charge in [-0.15, -0.1) is 11.6 Å². The molecular formula is C8H12ClN3O. The minimum Gasteiger partial charge on any atom is -0.481 e. The Kier molecular flexibility index (Phi) is 3.76. The Balaban J connectivity index is 2.66. The molecule has 0 radical (unpaired) electrons.